The maximum absolute atomic E-state index is 5.12. The van der Waals surface area contributed by atoms with Crippen molar-refractivity contribution in [2.45, 2.75) is 13.3 Å². The minimum absolute atomic E-state index is 0.915. The summed E-state index contributed by atoms with van der Waals surface area (Å²) in [6.45, 7) is 2.05. The lowest BCUT2D eigenvalue weighted by Crippen LogP contribution is -1.89. The lowest BCUT2D eigenvalue weighted by Gasteiger charge is -2.01. The SMILES string of the molecule is COc1ccc2c(c1)CC(C)=N2. The van der Waals surface area contributed by atoms with Gasteiger partial charge in [0.15, 0.2) is 0 Å². The van der Waals surface area contributed by atoms with E-state index in [2.05, 4.69) is 11.1 Å². The Morgan fingerprint density at radius 3 is 3.00 bits per heavy atom. The van der Waals surface area contributed by atoms with Crippen molar-refractivity contribution in [1.29, 1.82) is 0 Å². The van der Waals surface area contributed by atoms with Crippen molar-refractivity contribution in [3.63, 3.8) is 0 Å². The average Bonchev–Trinajstić information content (AvgIpc) is 2.43. The van der Waals surface area contributed by atoms with E-state index in [4.69, 9.17) is 4.74 Å². The lowest BCUT2D eigenvalue weighted by atomic mass is 10.1. The molecule has 0 aromatic heterocycles. The van der Waals surface area contributed by atoms with Gasteiger partial charge in [-0.1, -0.05) is 0 Å². The molecule has 0 bridgehead atoms. The van der Waals surface area contributed by atoms with Crippen molar-refractivity contribution < 1.29 is 4.74 Å². The van der Waals surface area contributed by atoms with Crippen molar-refractivity contribution in [3.05, 3.63) is 23.8 Å². The maximum atomic E-state index is 5.12. The minimum Gasteiger partial charge on any atom is -0.497 e. The molecule has 62 valence electrons. The zero-order chi connectivity index (χ0) is 8.55. The van der Waals surface area contributed by atoms with E-state index >= 15 is 0 Å². The zero-order valence-corrected chi connectivity index (χ0v) is 7.29. The summed E-state index contributed by atoms with van der Waals surface area (Å²) in [5, 5.41) is 0. The quantitative estimate of drug-likeness (QED) is 0.619. The second-order valence-corrected chi connectivity index (χ2v) is 3.02. The first-order valence-electron chi connectivity index (χ1n) is 4.00. The molecule has 1 heterocycles. The predicted molar refractivity (Wildman–Crippen MR) is 49.5 cm³/mol. The van der Waals surface area contributed by atoms with Crippen LogP contribution < -0.4 is 4.74 Å². The summed E-state index contributed by atoms with van der Waals surface area (Å²) < 4.78 is 5.12. The Bertz CT molecular complexity index is 342. The largest absolute Gasteiger partial charge is 0.497 e. The van der Waals surface area contributed by atoms with Gasteiger partial charge in [-0.05, 0) is 30.7 Å². The van der Waals surface area contributed by atoms with E-state index in [-0.39, 0.29) is 0 Å². The second kappa shape index (κ2) is 2.63. The highest BCUT2D eigenvalue weighted by Gasteiger charge is 2.11. The number of fused-ring (bicyclic) bond motifs is 1. The molecule has 2 nitrogen and oxygen atoms in total. The van der Waals surface area contributed by atoms with Crippen molar-refractivity contribution in [2.75, 3.05) is 7.11 Å². The second-order valence-electron chi connectivity index (χ2n) is 3.02. The van der Waals surface area contributed by atoms with Gasteiger partial charge >= 0.3 is 0 Å². The van der Waals surface area contributed by atoms with Crippen LogP contribution in [0.5, 0.6) is 5.75 Å². The molecule has 0 radical (unpaired) electrons. The Morgan fingerprint density at radius 2 is 2.25 bits per heavy atom. The first kappa shape index (κ1) is 7.35. The predicted octanol–water partition coefficient (Wildman–Crippen LogP) is 2.34. The molecule has 0 unspecified atom stereocenters. The van der Waals surface area contributed by atoms with Gasteiger partial charge in [-0.3, -0.25) is 4.99 Å². The van der Waals surface area contributed by atoms with Crippen LogP contribution >= 0.6 is 0 Å². The third kappa shape index (κ3) is 1.09. The minimum atomic E-state index is 0.915. The summed E-state index contributed by atoms with van der Waals surface area (Å²) in [6, 6.07) is 6.00. The highest BCUT2D eigenvalue weighted by Crippen LogP contribution is 2.29. The number of rotatable bonds is 1. The molecule has 0 aliphatic carbocycles. The summed E-state index contributed by atoms with van der Waals surface area (Å²) in [6.07, 6.45) is 0.965. The van der Waals surface area contributed by atoms with Gasteiger partial charge in [0, 0.05) is 12.1 Å². The molecule has 12 heavy (non-hydrogen) atoms. The first-order chi connectivity index (χ1) is 5.79. The molecule has 0 fully saturated rings. The third-order valence-corrected chi connectivity index (χ3v) is 2.04. The number of hydrogen-bond donors (Lipinski definition) is 0. The Hall–Kier alpha value is -1.31. The summed E-state index contributed by atoms with van der Waals surface area (Å²) in [4.78, 5) is 4.39. The molecule has 0 amide bonds. The number of nitrogens with zero attached hydrogens (tertiary/aromatic N) is 1. The summed E-state index contributed by atoms with van der Waals surface area (Å²) >= 11 is 0. The van der Waals surface area contributed by atoms with Crippen LogP contribution in [-0.2, 0) is 6.42 Å². The standard InChI is InChI=1S/C10H11NO/c1-7-5-8-6-9(12-2)3-4-10(8)11-7/h3-4,6H,5H2,1-2H3. The molecule has 2 rings (SSSR count). The third-order valence-electron chi connectivity index (χ3n) is 2.04. The maximum Gasteiger partial charge on any atom is 0.119 e. The van der Waals surface area contributed by atoms with Gasteiger partial charge in [0.2, 0.25) is 0 Å². The van der Waals surface area contributed by atoms with Crippen LogP contribution in [0.3, 0.4) is 0 Å². The zero-order valence-electron chi connectivity index (χ0n) is 7.29. The van der Waals surface area contributed by atoms with Crippen LogP contribution in [0.25, 0.3) is 0 Å². The number of aliphatic imine (C=N–C) groups is 1. The highest BCUT2D eigenvalue weighted by molar-refractivity contribution is 5.92. The molecule has 1 aromatic rings. The van der Waals surface area contributed by atoms with E-state index in [0.29, 0.717) is 0 Å². The molecule has 0 atom stereocenters. The monoisotopic (exact) mass is 161 g/mol. The average molecular weight is 161 g/mol. The fourth-order valence-electron chi connectivity index (χ4n) is 1.46. The molecular formula is C10H11NO. The van der Waals surface area contributed by atoms with Gasteiger partial charge in [-0.25, -0.2) is 0 Å². The Balaban J connectivity index is 2.42. The van der Waals surface area contributed by atoms with E-state index in [9.17, 15) is 0 Å². The van der Waals surface area contributed by atoms with Crippen LogP contribution in [0.15, 0.2) is 23.2 Å². The smallest absolute Gasteiger partial charge is 0.119 e. The number of methoxy groups -OCH3 is 1. The van der Waals surface area contributed by atoms with Crippen LogP contribution in [0.4, 0.5) is 5.69 Å². The number of ether oxygens (including phenoxy) is 1. The van der Waals surface area contributed by atoms with E-state index in [1.807, 2.05) is 19.1 Å². The Kier molecular flexibility index (Phi) is 1.61. The summed E-state index contributed by atoms with van der Waals surface area (Å²) in [7, 11) is 1.68. The van der Waals surface area contributed by atoms with Gasteiger partial charge in [0.05, 0.1) is 12.8 Å². The fourth-order valence-corrected chi connectivity index (χ4v) is 1.46. The van der Waals surface area contributed by atoms with Crippen molar-refractivity contribution in [3.8, 4) is 5.75 Å². The van der Waals surface area contributed by atoms with Crippen LogP contribution in [0, 0.1) is 0 Å². The molecule has 1 aliphatic heterocycles. The van der Waals surface area contributed by atoms with Crippen molar-refractivity contribution in [2.24, 2.45) is 4.99 Å². The summed E-state index contributed by atoms with van der Waals surface area (Å²) in [5.41, 5.74) is 3.54. The normalized spacial score (nSPS) is 14.0. The van der Waals surface area contributed by atoms with Crippen LogP contribution in [0.1, 0.15) is 12.5 Å². The number of benzene rings is 1. The number of hydrogen-bond acceptors (Lipinski definition) is 2. The molecule has 0 saturated heterocycles. The van der Waals surface area contributed by atoms with E-state index < -0.39 is 0 Å². The van der Waals surface area contributed by atoms with Gasteiger partial charge in [-0.15, -0.1) is 0 Å². The molecule has 0 saturated carbocycles. The van der Waals surface area contributed by atoms with Crippen molar-refractivity contribution in [1.82, 2.24) is 0 Å². The van der Waals surface area contributed by atoms with Crippen LogP contribution in [0.2, 0.25) is 0 Å². The van der Waals surface area contributed by atoms with Gasteiger partial charge < -0.3 is 4.74 Å². The van der Waals surface area contributed by atoms with Crippen LogP contribution in [-0.4, -0.2) is 12.8 Å². The van der Waals surface area contributed by atoms with Gasteiger partial charge in [-0.2, -0.15) is 0 Å². The van der Waals surface area contributed by atoms with E-state index in [1.54, 1.807) is 7.11 Å². The molecular weight excluding hydrogens is 150 g/mol. The van der Waals surface area contributed by atoms with Crippen molar-refractivity contribution >= 4 is 11.4 Å². The Labute approximate surface area is 71.9 Å². The Morgan fingerprint density at radius 1 is 1.42 bits per heavy atom. The van der Waals surface area contributed by atoms with Gasteiger partial charge in [0.25, 0.3) is 0 Å². The lowest BCUT2D eigenvalue weighted by molar-refractivity contribution is 0.414. The first-order valence-corrected chi connectivity index (χ1v) is 4.00. The molecule has 0 spiro atoms. The topological polar surface area (TPSA) is 21.6 Å². The molecule has 1 aromatic carbocycles. The van der Waals surface area contributed by atoms with E-state index in [1.165, 1.54) is 11.3 Å². The molecule has 2 heteroatoms. The summed E-state index contributed by atoms with van der Waals surface area (Å²) in [5.74, 6) is 0.915. The highest BCUT2D eigenvalue weighted by atomic mass is 16.5. The fraction of sp³-hybridized carbons (Fsp3) is 0.300. The van der Waals surface area contributed by atoms with Gasteiger partial charge in [0.1, 0.15) is 5.75 Å². The molecule has 0 N–H and O–H groups in total. The van der Waals surface area contributed by atoms with E-state index in [0.717, 1.165) is 17.9 Å². The molecule has 1 aliphatic rings.